The molecule has 0 aliphatic rings. The van der Waals surface area contributed by atoms with Crippen LogP contribution in [0.4, 0.5) is 5.69 Å². The molecule has 0 bridgehead atoms. The SMILES string of the molecule is Cc1cccc(-c2nc(C(C)C)no2)c1NC(=O)CCCOc1cccc(Br)c1. The predicted molar refractivity (Wildman–Crippen MR) is 116 cm³/mol. The van der Waals surface area contributed by atoms with E-state index in [1.165, 1.54) is 0 Å². The number of halogens is 1. The maximum absolute atomic E-state index is 12.5. The number of nitrogens with one attached hydrogen (secondary N) is 1. The van der Waals surface area contributed by atoms with Gasteiger partial charge >= 0.3 is 0 Å². The van der Waals surface area contributed by atoms with Gasteiger partial charge < -0.3 is 14.6 Å². The smallest absolute Gasteiger partial charge is 0.260 e. The summed E-state index contributed by atoms with van der Waals surface area (Å²) in [5.74, 6) is 1.91. The predicted octanol–water partition coefficient (Wildman–Crippen LogP) is 5.73. The minimum Gasteiger partial charge on any atom is -0.494 e. The molecule has 3 aromatic rings. The third kappa shape index (κ3) is 5.67. The van der Waals surface area contributed by atoms with Crippen LogP contribution < -0.4 is 10.1 Å². The molecule has 1 N–H and O–H groups in total. The number of amides is 1. The molecule has 0 atom stereocenters. The van der Waals surface area contributed by atoms with Crippen LogP contribution in [0, 0.1) is 6.92 Å². The van der Waals surface area contributed by atoms with Crippen LogP contribution in [-0.4, -0.2) is 22.7 Å². The molecule has 7 heteroatoms. The molecule has 0 unspecified atom stereocenters. The highest BCUT2D eigenvalue weighted by Crippen LogP contribution is 2.30. The van der Waals surface area contributed by atoms with E-state index >= 15 is 0 Å². The Kier molecular flexibility index (Phi) is 7.04. The summed E-state index contributed by atoms with van der Waals surface area (Å²) in [6.45, 7) is 6.41. The van der Waals surface area contributed by atoms with Crippen molar-refractivity contribution in [3.8, 4) is 17.2 Å². The fourth-order valence-corrected chi connectivity index (χ4v) is 3.15. The first-order valence-electron chi connectivity index (χ1n) is 9.56. The van der Waals surface area contributed by atoms with E-state index in [1.54, 1.807) is 0 Å². The molecule has 1 heterocycles. The summed E-state index contributed by atoms with van der Waals surface area (Å²) < 4.78 is 12.1. The summed E-state index contributed by atoms with van der Waals surface area (Å²) >= 11 is 3.41. The lowest BCUT2D eigenvalue weighted by molar-refractivity contribution is -0.116. The Hall–Kier alpha value is -2.67. The minimum atomic E-state index is -0.0815. The van der Waals surface area contributed by atoms with E-state index in [0.717, 1.165) is 21.3 Å². The van der Waals surface area contributed by atoms with E-state index in [4.69, 9.17) is 9.26 Å². The summed E-state index contributed by atoms with van der Waals surface area (Å²) in [6.07, 6.45) is 0.959. The zero-order valence-corrected chi connectivity index (χ0v) is 18.3. The molecule has 0 spiro atoms. The van der Waals surface area contributed by atoms with Crippen molar-refractivity contribution in [2.45, 2.75) is 39.5 Å². The number of ether oxygens (including phenoxy) is 1. The van der Waals surface area contributed by atoms with Gasteiger partial charge in [-0.1, -0.05) is 53.1 Å². The number of nitrogens with zero attached hydrogens (tertiary/aromatic N) is 2. The molecule has 0 aliphatic heterocycles. The molecule has 0 radical (unpaired) electrons. The minimum absolute atomic E-state index is 0.0815. The number of benzene rings is 2. The molecule has 29 heavy (non-hydrogen) atoms. The van der Waals surface area contributed by atoms with E-state index in [1.807, 2.05) is 63.2 Å². The molecule has 3 rings (SSSR count). The van der Waals surface area contributed by atoms with Gasteiger partial charge in [0.15, 0.2) is 5.82 Å². The van der Waals surface area contributed by atoms with Crippen LogP contribution in [0.3, 0.4) is 0 Å². The van der Waals surface area contributed by atoms with Gasteiger partial charge in [0.2, 0.25) is 5.91 Å². The summed E-state index contributed by atoms with van der Waals surface area (Å²) in [5.41, 5.74) is 2.36. The van der Waals surface area contributed by atoms with Crippen molar-refractivity contribution in [3.63, 3.8) is 0 Å². The lowest BCUT2D eigenvalue weighted by Gasteiger charge is -2.12. The fraction of sp³-hybridized carbons (Fsp3) is 0.318. The molecule has 6 nitrogen and oxygen atoms in total. The molecular formula is C22H24BrN3O3. The van der Waals surface area contributed by atoms with Gasteiger partial charge in [-0.25, -0.2) is 0 Å². The molecule has 0 aliphatic carbocycles. The van der Waals surface area contributed by atoms with Gasteiger partial charge in [-0.05, 0) is 43.2 Å². The highest BCUT2D eigenvalue weighted by molar-refractivity contribution is 9.10. The summed E-state index contributed by atoms with van der Waals surface area (Å²) in [4.78, 5) is 16.9. The number of anilines is 1. The van der Waals surface area contributed by atoms with Gasteiger partial charge in [0.05, 0.1) is 17.9 Å². The van der Waals surface area contributed by atoms with E-state index in [0.29, 0.717) is 36.9 Å². The van der Waals surface area contributed by atoms with E-state index in [2.05, 4.69) is 31.4 Å². The van der Waals surface area contributed by atoms with Gasteiger partial charge in [-0.3, -0.25) is 4.79 Å². The Balaban J connectivity index is 1.61. The van der Waals surface area contributed by atoms with Crippen LogP contribution in [0.25, 0.3) is 11.5 Å². The number of rotatable bonds is 8. The Labute approximate surface area is 178 Å². The fourth-order valence-electron chi connectivity index (χ4n) is 2.77. The average molecular weight is 458 g/mol. The number of carbonyl (C=O) groups excluding carboxylic acids is 1. The van der Waals surface area contributed by atoms with E-state index < -0.39 is 0 Å². The summed E-state index contributed by atoms with van der Waals surface area (Å²) in [6, 6.07) is 13.4. The molecular weight excluding hydrogens is 434 g/mol. The Morgan fingerprint density at radius 2 is 2.03 bits per heavy atom. The van der Waals surface area contributed by atoms with Crippen molar-refractivity contribution >= 4 is 27.5 Å². The van der Waals surface area contributed by atoms with Crippen molar-refractivity contribution in [1.29, 1.82) is 0 Å². The average Bonchev–Trinajstić information content (AvgIpc) is 3.17. The van der Waals surface area contributed by atoms with Crippen molar-refractivity contribution in [3.05, 3.63) is 58.3 Å². The van der Waals surface area contributed by atoms with E-state index in [-0.39, 0.29) is 11.8 Å². The van der Waals surface area contributed by atoms with Crippen LogP contribution in [0.2, 0.25) is 0 Å². The highest BCUT2D eigenvalue weighted by atomic mass is 79.9. The first kappa shape index (κ1) is 21.0. The largest absolute Gasteiger partial charge is 0.494 e. The Bertz CT molecular complexity index is 985. The maximum Gasteiger partial charge on any atom is 0.260 e. The van der Waals surface area contributed by atoms with Crippen LogP contribution in [0.1, 0.15) is 44.0 Å². The van der Waals surface area contributed by atoms with Gasteiger partial charge in [-0.2, -0.15) is 4.98 Å². The second kappa shape index (κ2) is 9.69. The van der Waals surface area contributed by atoms with Crippen molar-refractivity contribution in [2.75, 3.05) is 11.9 Å². The number of aryl methyl sites for hydroxylation is 1. The topological polar surface area (TPSA) is 77.3 Å². The zero-order chi connectivity index (χ0) is 20.8. The van der Waals surface area contributed by atoms with Gasteiger partial charge in [0.25, 0.3) is 5.89 Å². The lowest BCUT2D eigenvalue weighted by Crippen LogP contribution is -2.14. The first-order valence-corrected chi connectivity index (χ1v) is 10.3. The number of hydrogen-bond acceptors (Lipinski definition) is 5. The second-order valence-electron chi connectivity index (χ2n) is 7.07. The van der Waals surface area contributed by atoms with Crippen LogP contribution >= 0.6 is 15.9 Å². The molecule has 2 aromatic carbocycles. The third-order valence-electron chi connectivity index (χ3n) is 4.34. The molecule has 152 valence electrons. The number of aromatic nitrogens is 2. The quantitative estimate of drug-likeness (QED) is 0.437. The Morgan fingerprint density at radius 3 is 2.76 bits per heavy atom. The zero-order valence-electron chi connectivity index (χ0n) is 16.7. The standard InChI is InChI=1S/C22H24BrN3O3/c1-14(2)21-25-22(29-26-21)18-10-4-7-15(3)20(18)24-19(27)11-6-12-28-17-9-5-8-16(23)13-17/h4-5,7-10,13-14H,6,11-12H2,1-3H3,(H,24,27). The molecule has 0 saturated heterocycles. The Morgan fingerprint density at radius 1 is 1.24 bits per heavy atom. The molecule has 0 saturated carbocycles. The van der Waals surface area contributed by atoms with Crippen LogP contribution in [-0.2, 0) is 4.79 Å². The number of para-hydroxylation sites is 1. The maximum atomic E-state index is 12.5. The van der Waals surface area contributed by atoms with Crippen molar-refractivity contribution in [2.24, 2.45) is 0 Å². The highest BCUT2D eigenvalue weighted by Gasteiger charge is 2.17. The summed E-state index contributed by atoms with van der Waals surface area (Å²) in [7, 11) is 0. The lowest BCUT2D eigenvalue weighted by atomic mass is 10.1. The van der Waals surface area contributed by atoms with Gasteiger partial charge in [0, 0.05) is 16.8 Å². The van der Waals surface area contributed by atoms with Crippen LogP contribution in [0.15, 0.2) is 51.5 Å². The third-order valence-corrected chi connectivity index (χ3v) is 4.83. The van der Waals surface area contributed by atoms with Crippen molar-refractivity contribution < 1.29 is 14.1 Å². The normalized spacial score (nSPS) is 10.9. The summed E-state index contributed by atoms with van der Waals surface area (Å²) in [5, 5.41) is 7.01. The first-order chi connectivity index (χ1) is 13.9. The second-order valence-corrected chi connectivity index (χ2v) is 7.98. The van der Waals surface area contributed by atoms with Gasteiger partial charge in [-0.15, -0.1) is 0 Å². The monoisotopic (exact) mass is 457 g/mol. The molecule has 0 fully saturated rings. The van der Waals surface area contributed by atoms with Gasteiger partial charge in [0.1, 0.15) is 5.75 Å². The number of carbonyl (C=O) groups is 1. The van der Waals surface area contributed by atoms with Crippen molar-refractivity contribution in [1.82, 2.24) is 10.1 Å². The molecule has 1 aromatic heterocycles. The molecule has 1 amide bonds. The van der Waals surface area contributed by atoms with E-state index in [9.17, 15) is 4.79 Å². The van der Waals surface area contributed by atoms with Crippen LogP contribution in [0.5, 0.6) is 5.75 Å². The number of hydrogen-bond donors (Lipinski definition) is 1.